The highest BCUT2D eigenvalue weighted by molar-refractivity contribution is 5.68. The van der Waals surface area contributed by atoms with Crippen LogP contribution in [0, 0.1) is 6.92 Å². The van der Waals surface area contributed by atoms with E-state index in [9.17, 15) is 0 Å². The average molecular weight is 303 g/mol. The summed E-state index contributed by atoms with van der Waals surface area (Å²) in [6, 6.07) is 19.1. The number of hydrogen-bond donors (Lipinski definition) is 1. The fourth-order valence-electron chi connectivity index (χ4n) is 3.45. The second-order valence-electron chi connectivity index (χ2n) is 6.25. The van der Waals surface area contributed by atoms with Crippen molar-refractivity contribution in [3.05, 3.63) is 72.1 Å². The van der Waals surface area contributed by atoms with Crippen LogP contribution in [0.15, 0.2) is 60.8 Å². The number of nitrogens with zero attached hydrogens (tertiary/aromatic N) is 2. The van der Waals surface area contributed by atoms with Crippen molar-refractivity contribution in [2.45, 2.75) is 19.3 Å². The van der Waals surface area contributed by atoms with Crippen molar-refractivity contribution in [1.29, 1.82) is 0 Å². The van der Waals surface area contributed by atoms with E-state index in [-0.39, 0.29) is 0 Å². The van der Waals surface area contributed by atoms with E-state index in [4.69, 9.17) is 5.10 Å². The second kappa shape index (κ2) is 6.01. The molecule has 1 aromatic heterocycles. The van der Waals surface area contributed by atoms with Gasteiger partial charge in [-0.25, -0.2) is 4.68 Å². The highest BCUT2D eigenvalue weighted by atomic mass is 15.3. The Morgan fingerprint density at radius 2 is 1.96 bits per heavy atom. The molecule has 1 aliphatic heterocycles. The molecule has 1 unspecified atom stereocenters. The van der Waals surface area contributed by atoms with Crippen molar-refractivity contribution in [2.75, 3.05) is 13.1 Å². The third-order valence-electron chi connectivity index (χ3n) is 4.58. The van der Waals surface area contributed by atoms with Gasteiger partial charge >= 0.3 is 0 Å². The lowest BCUT2D eigenvalue weighted by molar-refractivity contribution is 0.684. The number of aryl methyl sites for hydroxylation is 1. The summed E-state index contributed by atoms with van der Waals surface area (Å²) >= 11 is 0. The number of benzene rings is 2. The van der Waals surface area contributed by atoms with Gasteiger partial charge < -0.3 is 5.32 Å². The van der Waals surface area contributed by atoms with Crippen LogP contribution in [0.3, 0.4) is 0 Å². The lowest BCUT2D eigenvalue weighted by Crippen LogP contribution is -2.12. The van der Waals surface area contributed by atoms with E-state index in [2.05, 4.69) is 65.5 Å². The van der Waals surface area contributed by atoms with Crippen LogP contribution in [0.1, 0.15) is 23.6 Å². The molecule has 0 radical (unpaired) electrons. The summed E-state index contributed by atoms with van der Waals surface area (Å²) in [5.74, 6) is 0.508. The van der Waals surface area contributed by atoms with Crippen LogP contribution in [0.25, 0.3) is 16.8 Å². The number of aromatic nitrogens is 2. The molecule has 0 spiro atoms. The Morgan fingerprint density at radius 3 is 2.70 bits per heavy atom. The molecule has 1 N–H and O–H groups in total. The van der Waals surface area contributed by atoms with Crippen molar-refractivity contribution in [1.82, 2.24) is 15.1 Å². The summed E-state index contributed by atoms with van der Waals surface area (Å²) in [6.45, 7) is 4.25. The van der Waals surface area contributed by atoms with Crippen LogP contribution in [-0.4, -0.2) is 22.9 Å². The molecule has 2 aromatic carbocycles. The van der Waals surface area contributed by atoms with Gasteiger partial charge in [0.15, 0.2) is 0 Å². The van der Waals surface area contributed by atoms with Crippen LogP contribution in [0.2, 0.25) is 0 Å². The van der Waals surface area contributed by atoms with Gasteiger partial charge in [-0.05, 0) is 37.6 Å². The maximum absolute atomic E-state index is 4.73. The predicted octanol–water partition coefficient (Wildman–Crippen LogP) is 3.92. The molecule has 1 atom stereocenters. The van der Waals surface area contributed by atoms with Crippen LogP contribution in [0.4, 0.5) is 0 Å². The molecule has 2 heterocycles. The van der Waals surface area contributed by atoms with Crippen LogP contribution < -0.4 is 5.32 Å². The molecule has 3 heteroatoms. The molecule has 3 aromatic rings. The molecule has 1 aliphatic rings. The molecular weight excluding hydrogens is 282 g/mol. The van der Waals surface area contributed by atoms with E-state index in [0.717, 1.165) is 25.2 Å². The number of hydrogen-bond acceptors (Lipinski definition) is 2. The first-order valence-electron chi connectivity index (χ1n) is 8.24. The zero-order valence-electron chi connectivity index (χ0n) is 13.4. The smallest absolute Gasteiger partial charge is 0.0649 e. The molecule has 0 bridgehead atoms. The molecule has 3 nitrogen and oxygen atoms in total. The Labute approximate surface area is 137 Å². The molecule has 0 aliphatic carbocycles. The van der Waals surface area contributed by atoms with Crippen molar-refractivity contribution >= 4 is 0 Å². The van der Waals surface area contributed by atoms with Gasteiger partial charge in [0.25, 0.3) is 0 Å². The summed E-state index contributed by atoms with van der Waals surface area (Å²) in [5, 5.41) is 8.21. The second-order valence-corrected chi connectivity index (χ2v) is 6.25. The van der Waals surface area contributed by atoms with Crippen LogP contribution in [-0.2, 0) is 0 Å². The fourth-order valence-corrected chi connectivity index (χ4v) is 3.45. The van der Waals surface area contributed by atoms with Crippen LogP contribution in [0.5, 0.6) is 0 Å². The third kappa shape index (κ3) is 2.68. The summed E-state index contributed by atoms with van der Waals surface area (Å²) in [4.78, 5) is 0. The van der Waals surface area contributed by atoms with Gasteiger partial charge in [-0.2, -0.15) is 5.10 Å². The number of rotatable bonds is 3. The molecule has 4 rings (SSSR count). The molecule has 0 amide bonds. The number of nitrogens with one attached hydrogen (secondary N) is 1. The first-order valence-corrected chi connectivity index (χ1v) is 8.24. The molecule has 116 valence electrons. The molecular formula is C20H21N3. The largest absolute Gasteiger partial charge is 0.316 e. The van der Waals surface area contributed by atoms with Gasteiger partial charge in [-0.3, -0.25) is 0 Å². The van der Waals surface area contributed by atoms with Gasteiger partial charge in [0.1, 0.15) is 0 Å². The Bertz CT molecular complexity index is 799. The highest BCUT2D eigenvalue weighted by Gasteiger charge is 2.25. The lowest BCUT2D eigenvalue weighted by atomic mass is 9.95. The minimum atomic E-state index is 0.508. The van der Waals surface area contributed by atoms with E-state index in [1.54, 1.807) is 0 Å². The SMILES string of the molecule is Cc1cccc(-c2cnn(-c3ccccc3)c2C2CCNC2)c1. The molecule has 1 fully saturated rings. The van der Waals surface area contributed by atoms with Crippen molar-refractivity contribution < 1.29 is 0 Å². The van der Waals surface area contributed by atoms with E-state index >= 15 is 0 Å². The van der Waals surface area contributed by atoms with Gasteiger partial charge in [0.05, 0.1) is 17.6 Å². The Morgan fingerprint density at radius 1 is 1.09 bits per heavy atom. The Balaban J connectivity index is 1.88. The fraction of sp³-hybridized carbons (Fsp3) is 0.250. The minimum Gasteiger partial charge on any atom is -0.316 e. The monoisotopic (exact) mass is 303 g/mol. The van der Waals surface area contributed by atoms with E-state index < -0.39 is 0 Å². The normalized spacial score (nSPS) is 17.5. The minimum absolute atomic E-state index is 0.508. The highest BCUT2D eigenvalue weighted by Crippen LogP contribution is 2.34. The molecule has 23 heavy (non-hydrogen) atoms. The summed E-state index contributed by atoms with van der Waals surface area (Å²) in [5.41, 5.74) is 6.26. The first kappa shape index (κ1) is 14.2. The van der Waals surface area contributed by atoms with Crippen molar-refractivity contribution in [2.24, 2.45) is 0 Å². The third-order valence-corrected chi connectivity index (χ3v) is 4.58. The Kier molecular flexibility index (Phi) is 3.72. The topological polar surface area (TPSA) is 29.9 Å². The van der Waals surface area contributed by atoms with E-state index in [1.807, 2.05) is 12.3 Å². The van der Waals surface area contributed by atoms with Gasteiger partial charge in [0, 0.05) is 18.0 Å². The predicted molar refractivity (Wildman–Crippen MR) is 94.0 cm³/mol. The summed E-state index contributed by atoms with van der Waals surface area (Å²) < 4.78 is 2.12. The quantitative estimate of drug-likeness (QED) is 0.794. The maximum atomic E-state index is 4.73. The van der Waals surface area contributed by atoms with Crippen LogP contribution >= 0.6 is 0 Å². The lowest BCUT2D eigenvalue weighted by Gasteiger charge is -2.15. The maximum Gasteiger partial charge on any atom is 0.0649 e. The summed E-state index contributed by atoms with van der Waals surface area (Å²) in [6.07, 6.45) is 3.19. The standard InChI is InChI=1S/C20H21N3/c1-15-6-5-7-16(12-15)19-14-22-23(18-8-3-2-4-9-18)20(19)17-10-11-21-13-17/h2-9,12,14,17,21H,10-11,13H2,1H3. The van der Waals surface area contributed by atoms with E-state index in [0.29, 0.717) is 5.92 Å². The van der Waals surface area contributed by atoms with Gasteiger partial charge in [0.2, 0.25) is 0 Å². The first-order chi connectivity index (χ1) is 11.3. The summed E-state index contributed by atoms with van der Waals surface area (Å²) in [7, 11) is 0. The average Bonchev–Trinajstić information content (AvgIpc) is 3.25. The van der Waals surface area contributed by atoms with Crippen molar-refractivity contribution in [3.8, 4) is 16.8 Å². The zero-order valence-corrected chi connectivity index (χ0v) is 13.4. The molecule has 1 saturated heterocycles. The van der Waals surface area contributed by atoms with E-state index in [1.165, 1.54) is 22.4 Å². The van der Waals surface area contributed by atoms with Gasteiger partial charge in [-0.1, -0.05) is 48.0 Å². The zero-order chi connectivity index (χ0) is 15.6. The molecule has 0 saturated carbocycles. The number of para-hydroxylation sites is 1. The Hall–Kier alpha value is -2.39. The van der Waals surface area contributed by atoms with Crippen molar-refractivity contribution in [3.63, 3.8) is 0 Å². The van der Waals surface area contributed by atoms with Gasteiger partial charge in [-0.15, -0.1) is 0 Å².